The zero-order valence-electron chi connectivity index (χ0n) is 16.6. The fraction of sp³-hybridized carbons (Fsp3) is 0.0833. The number of methoxy groups -OCH3 is 1. The number of hydrogen-bond acceptors (Lipinski definition) is 4. The van der Waals surface area contributed by atoms with E-state index in [0.717, 1.165) is 21.7 Å². The van der Waals surface area contributed by atoms with Crippen LogP contribution in [-0.2, 0) is 4.79 Å². The second kappa shape index (κ2) is 8.47. The van der Waals surface area contributed by atoms with Gasteiger partial charge in [0.05, 0.1) is 7.11 Å². The quantitative estimate of drug-likeness (QED) is 0.268. The summed E-state index contributed by atoms with van der Waals surface area (Å²) >= 11 is 1.57. The van der Waals surface area contributed by atoms with Crippen molar-refractivity contribution in [2.24, 2.45) is 0 Å². The van der Waals surface area contributed by atoms with Gasteiger partial charge in [-0.2, -0.15) is 0 Å². The van der Waals surface area contributed by atoms with E-state index in [1.165, 1.54) is 0 Å². The molecule has 0 spiro atoms. The Hall–Kier alpha value is -3.51. The largest absolute Gasteiger partial charge is 0.497 e. The van der Waals surface area contributed by atoms with Crippen LogP contribution >= 0.6 is 11.8 Å². The molecular weight excluding hydrogens is 396 g/mol. The number of ketones is 1. The maximum Gasteiger partial charge on any atom is 0.298 e. The molecule has 0 unspecified atom stereocenters. The number of anilines is 1. The monoisotopic (exact) mass is 416 g/mol. The predicted octanol–water partition coefficient (Wildman–Crippen LogP) is 5.16. The third kappa shape index (κ3) is 3.82. The van der Waals surface area contributed by atoms with Gasteiger partial charge in [-0.3, -0.25) is 9.59 Å². The molecule has 0 aliphatic carbocycles. The highest BCUT2D eigenvalue weighted by molar-refractivity contribution is 7.98. The van der Waals surface area contributed by atoms with Crippen LogP contribution in [0.3, 0.4) is 0 Å². The summed E-state index contributed by atoms with van der Waals surface area (Å²) in [6.07, 6.45) is 3.75. The van der Waals surface area contributed by atoms with Gasteiger partial charge < -0.3 is 14.5 Å². The molecule has 0 saturated carbocycles. The van der Waals surface area contributed by atoms with Crippen LogP contribution in [0, 0.1) is 0 Å². The van der Waals surface area contributed by atoms with E-state index in [2.05, 4.69) is 5.32 Å². The molecule has 1 amide bonds. The number of nitrogens with zero attached hydrogens (tertiary/aromatic N) is 1. The summed E-state index contributed by atoms with van der Waals surface area (Å²) in [6.45, 7) is 0. The topological polar surface area (TPSA) is 59.8 Å². The Morgan fingerprint density at radius 1 is 0.967 bits per heavy atom. The molecule has 0 radical (unpaired) electrons. The van der Waals surface area contributed by atoms with Crippen LogP contribution in [-0.4, -0.2) is 29.5 Å². The van der Waals surface area contributed by atoms with Crippen molar-refractivity contribution < 1.29 is 14.3 Å². The smallest absolute Gasteiger partial charge is 0.298 e. The number of carbonyl (C=O) groups excluding carboxylic acids is 2. The predicted molar refractivity (Wildman–Crippen MR) is 121 cm³/mol. The lowest BCUT2D eigenvalue weighted by molar-refractivity contribution is -0.112. The van der Waals surface area contributed by atoms with Gasteiger partial charge in [0.2, 0.25) is 0 Å². The molecule has 0 bridgehead atoms. The number of ether oxygens (including phenoxy) is 1. The van der Waals surface area contributed by atoms with Crippen molar-refractivity contribution >= 4 is 34.7 Å². The van der Waals surface area contributed by atoms with Crippen LogP contribution in [0.4, 0.5) is 5.69 Å². The Bertz CT molecular complexity index is 1230. The van der Waals surface area contributed by atoms with Crippen molar-refractivity contribution in [3.05, 3.63) is 84.7 Å². The maximum atomic E-state index is 13.2. The number of fused-ring (bicyclic) bond motifs is 1. The maximum absolute atomic E-state index is 13.2. The molecule has 0 saturated heterocycles. The van der Waals surface area contributed by atoms with Crippen molar-refractivity contribution in [3.63, 3.8) is 0 Å². The molecule has 4 rings (SSSR count). The molecule has 2 aromatic heterocycles. The van der Waals surface area contributed by atoms with Gasteiger partial charge in [-0.05, 0) is 60.4 Å². The van der Waals surface area contributed by atoms with Crippen LogP contribution < -0.4 is 10.1 Å². The van der Waals surface area contributed by atoms with E-state index in [1.54, 1.807) is 35.5 Å². The fourth-order valence-corrected chi connectivity index (χ4v) is 3.80. The van der Waals surface area contributed by atoms with Crippen molar-refractivity contribution in [1.29, 1.82) is 0 Å². The number of Topliss-reactive ketones (excluding diaryl/α,β-unsaturated/α-hetero) is 1. The second-order valence-electron chi connectivity index (χ2n) is 6.65. The summed E-state index contributed by atoms with van der Waals surface area (Å²) in [7, 11) is 1.60. The van der Waals surface area contributed by atoms with Gasteiger partial charge in [0.15, 0.2) is 0 Å². The molecule has 0 fully saturated rings. The first-order valence-electron chi connectivity index (χ1n) is 9.35. The first kappa shape index (κ1) is 19.8. The minimum Gasteiger partial charge on any atom is -0.497 e. The number of pyridine rings is 1. The van der Waals surface area contributed by atoms with Crippen LogP contribution in [0.1, 0.15) is 10.5 Å². The standard InChI is InChI=1S/C24H20N2O3S/c1-29-19-11-9-16(10-12-19)21-15-18-7-3-4-13-26(18)22(21)23(27)24(28)25-17-6-5-8-20(14-17)30-2/h3-15H,1-2H3,(H,25,28). The minimum absolute atomic E-state index is 0.328. The highest BCUT2D eigenvalue weighted by Crippen LogP contribution is 2.30. The van der Waals surface area contributed by atoms with Crippen molar-refractivity contribution in [2.45, 2.75) is 4.90 Å². The minimum atomic E-state index is -0.674. The summed E-state index contributed by atoms with van der Waals surface area (Å²) in [6, 6.07) is 22.4. The average molecular weight is 417 g/mol. The number of aromatic nitrogens is 1. The molecule has 0 aliphatic rings. The zero-order valence-corrected chi connectivity index (χ0v) is 17.4. The summed E-state index contributed by atoms with van der Waals surface area (Å²) in [5.74, 6) is -0.546. The lowest BCUT2D eigenvalue weighted by Gasteiger charge is -2.09. The lowest BCUT2D eigenvalue weighted by Crippen LogP contribution is -2.24. The number of rotatable bonds is 6. The van der Waals surface area contributed by atoms with Gasteiger partial charge in [0.1, 0.15) is 11.4 Å². The van der Waals surface area contributed by atoms with Gasteiger partial charge in [0.25, 0.3) is 11.7 Å². The summed E-state index contributed by atoms with van der Waals surface area (Å²) in [4.78, 5) is 27.1. The second-order valence-corrected chi connectivity index (χ2v) is 7.53. The zero-order chi connectivity index (χ0) is 21.1. The molecule has 1 N–H and O–H groups in total. The van der Waals surface area contributed by atoms with Gasteiger partial charge in [-0.15, -0.1) is 11.8 Å². The molecule has 30 heavy (non-hydrogen) atoms. The Morgan fingerprint density at radius 3 is 2.50 bits per heavy atom. The summed E-state index contributed by atoms with van der Waals surface area (Å²) < 4.78 is 6.98. The SMILES string of the molecule is COc1ccc(-c2cc3ccccn3c2C(=O)C(=O)Nc2cccc(SC)c2)cc1. The van der Waals surface area contributed by atoms with Crippen LogP contribution in [0.2, 0.25) is 0 Å². The third-order valence-electron chi connectivity index (χ3n) is 4.83. The molecule has 0 atom stereocenters. The molecule has 6 heteroatoms. The Balaban J connectivity index is 1.74. The average Bonchev–Trinajstić information content (AvgIpc) is 3.18. The van der Waals surface area contributed by atoms with Gasteiger partial charge in [-0.1, -0.05) is 24.3 Å². The third-order valence-corrected chi connectivity index (χ3v) is 5.55. The van der Waals surface area contributed by atoms with Crippen molar-refractivity contribution in [1.82, 2.24) is 4.40 Å². The van der Waals surface area contributed by atoms with Crippen molar-refractivity contribution in [2.75, 3.05) is 18.7 Å². The van der Waals surface area contributed by atoms with Gasteiger partial charge >= 0.3 is 0 Å². The van der Waals surface area contributed by atoms with Gasteiger partial charge in [0, 0.05) is 27.9 Å². The van der Waals surface area contributed by atoms with E-state index in [-0.39, 0.29) is 0 Å². The molecule has 4 aromatic rings. The van der Waals surface area contributed by atoms with Crippen LogP contribution in [0.5, 0.6) is 5.75 Å². The Morgan fingerprint density at radius 2 is 1.77 bits per heavy atom. The van der Waals surface area contributed by atoms with E-state index in [9.17, 15) is 9.59 Å². The number of hydrogen-bond donors (Lipinski definition) is 1. The van der Waals surface area contributed by atoms with Gasteiger partial charge in [-0.25, -0.2) is 0 Å². The first-order valence-corrected chi connectivity index (χ1v) is 10.6. The van der Waals surface area contributed by atoms with Crippen LogP contribution in [0.15, 0.2) is 83.9 Å². The van der Waals surface area contributed by atoms with E-state index in [4.69, 9.17) is 4.74 Å². The number of nitrogens with one attached hydrogen (secondary N) is 1. The van der Waals surface area contributed by atoms with E-state index >= 15 is 0 Å². The fourth-order valence-electron chi connectivity index (χ4n) is 3.34. The molecule has 5 nitrogen and oxygen atoms in total. The Kier molecular flexibility index (Phi) is 5.59. The molecule has 2 heterocycles. The highest BCUT2D eigenvalue weighted by atomic mass is 32.2. The van der Waals surface area contributed by atoms with Crippen molar-refractivity contribution in [3.8, 4) is 16.9 Å². The highest BCUT2D eigenvalue weighted by Gasteiger charge is 2.25. The normalized spacial score (nSPS) is 10.7. The number of thioether (sulfide) groups is 1. The molecule has 150 valence electrons. The first-order chi connectivity index (χ1) is 14.6. The van der Waals surface area contributed by atoms with E-state index in [1.807, 2.05) is 73.0 Å². The summed E-state index contributed by atoms with van der Waals surface area (Å²) in [5.41, 5.74) is 3.28. The molecule has 0 aliphatic heterocycles. The van der Waals surface area contributed by atoms with E-state index < -0.39 is 11.7 Å². The van der Waals surface area contributed by atoms with Crippen LogP contribution in [0.25, 0.3) is 16.6 Å². The molecule has 2 aromatic carbocycles. The number of carbonyl (C=O) groups is 2. The summed E-state index contributed by atoms with van der Waals surface area (Å²) in [5, 5.41) is 2.73. The number of benzene rings is 2. The molecular formula is C24H20N2O3S. The lowest BCUT2D eigenvalue weighted by atomic mass is 10.0. The number of amides is 1. The Labute approximate surface area is 178 Å². The van der Waals surface area contributed by atoms with E-state index in [0.29, 0.717) is 16.9 Å².